The summed E-state index contributed by atoms with van der Waals surface area (Å²) in [7, 11) is 0. The average Bonchev–Trinajstić information content (AvgIpc) is 2.48. The van der Waals surface area contributed by atoms with E-state index in [2.05, 4.69) is 37.6 Å². The number of carbonyl (C=O) groups excluding carboxylic acids is 1. The Labute approximate surface area is 128 Å². The molecule has 1 aliphatic heterocycles. The molecule has 0 unspecified atom stereocenters. The van der Waals surface area contributed by atoms with E-state index in [1.54, 1.807) is 6.92 Å². The molecule has 0 atom stereocenters. The highest BCUT2D eigenvalue weighted by atomic mass is 79.9. The first-order valence-corrected chi connectivity index (χ1v) is 7.76. The van der Waals surface area contributed by atoms with Crippen LogP contribution in [-0.4, -0.2) is 55.2 Å². The molecule has 6 heteroatoms. The zero-order valence-electron chi connectivity index (χ0n) is 11.9. The first-order valence-electron chi connectivity index (χ1n) is 6.96. The van der Waals surface area contributed by atoms with Crippen LogP contribution in [-0.2, 0) is 4.74 Å². The molecule has 2 rings (SSSR count). The number of rotatable bonds is 4. The smallest absolute Gasteiger partial charge is 0.358 e. The number of halogens is 1. The van der Waals surface area contributed by atoms with Crippen molar-refractivity contribution < 1.29 is 9.53 Å². The van der Waals surface area contributed by atoms with Crippen LogP contribution in [0, 0.1) is 0 Å². The van der Waals surface area contributed by atoms with Gasteiger partial charge in [0.2, 0.25) is 0 Å². The van der Waals surface area contributed by atoms with Crippen LogP contribution in [0.25, 0.3) is 0 Å². The van der Waals surface area contributed by atoms with Gasteiger partial charge in [0, 0.05) is 26.2 Å². The first kappa shape index (κ1) is 15.3. The van der Waals surface area contributed by atoms with Gasteiger partial charge in [0.25, 0.3) is 0 Å². The predicted octanol–water partition coefficient (Wildman–Crippen LogP) is 2.16. The summed E-state index contributed by atoms with van der Waals surface area (Å²) in [6.45, 7) is 9.33. The van der Waals surface area contributed by atoms with Gasteiger partial charge in [0.1, 0.15) is 5.82 Å². The lowest BCUT2D eigenvalue weighted by Gasteiger charge is -2.34. The fourth-order valence-corrected chi connectivity index (χ4v) is 2.63. The number of carbonyl (C=O) groups is 1. The van der Waals surface area contributed by atoms with Gasteiger partial charge >= 0.3 is 5.97 Å². The highest BCUT2D eigenvalue weighted by molar-refractivity contribution is 9.10. The van der Waals surface area contributed by atoms with Crippen LogP contribution in [0.5, 0.6) is 0 Å². The molecule has 0 aromatic carbocycles. The predicted molar refractivity (Wildman–Crippen MR) is 82.2 cm³/mol. The van der Waals surface area contributed by atoms with Crippen LogP contribution < -0.4 is 4.90 Å². The lowest BCUT2D eigenvalue weighted by atomic mass is 10.3. The molecular weight excluding hydrogens is 322 g/mol. The molecule has 1 saturated heterocycles. The van der Waals surface area contributed by atoms with Gasteiger partial charge < -0.3 is 14.5 Å². The molecule has 0 spiro atoms. The molecule has 0 saturated carbocycles. The lowest BCUT2D eigenvalue weighted by Crippen LogP contribution is -2.46. The molecule has 20 heavy (non-hydrogen) atoms. The summed E-state index contributed by atoms with van der Waals surface area (Å²) in [5.41, 5.74) is 0.349. The minimum atomic E-state index is -0.381. The molecule has 110 valence electrons. The second kappa shape index (κ2) is 7.04. The number of hydrogen-bond acceptors (Lipinski definition) is 5. The number of nitrogens with zero attached hydrogens (tertiary/aromatic N) is 3. The maximum Gasteiger partial charge on any atom is 0.358 e. The third-order valence-electron chi connectivity index (χ3n) is 3.44. The van der Waals surface area contributed by atoms with Crippen molar-refractivity contribution in [2.75, 3.05) is 44.2 Å². The number of piperazine rings is 1. The maximum absolute atomic E-state index is 11.9. The van der Waals surface area contributed by atoms with Gasteiger partial charge in [-0.25, -0.2) is 9.78 Å². The van der Waals surface area contributed by atoms with Crippen LogP contribution in [0.4, 0.5) is 5.82 Å². The quantitative estimate of drug-likeness (QED) is 0.785. The minimum absolute atomic E-state index is 0.349. The summed E-state index contributed by atoms with van der Waals surface area (Å²) < 4.78 is 5.70. The molecule has 1 aromatic rings. The maximum atomic E-state index is 11.9. The first-order chi connectivity index (χ1) is 9.65. The van der Waals surface area contributed by atoms with Crippen LogP contribution in [0.2, 0.25) is 0 Å². The van der Waals surface area contributed by atoms with E-state index in [4.69, 9.17) is 4.74 Å². The molecule has 1 aromatic heterocycles. The molecule has 0 aliphatic carbocycles. The van der Waals surface area contributed by atoms with E-state index in [0.717, 1.165) is 38.5 Å². The van der Waals surface area contributed by atoms with Crippen molar-refractivity contribution in [1.29, 1.82) is 0 Å². The van der Waals surface area contributed by atoms with Crippen molar-refractivity contribution in [3.05, 3.63) is 22.3 Å². The summed E-state index contributed by atoms with van der Waals surface area (Å²) in [6, 6.07) is 3.80. The molecule has 5 nitrogen and oxygen atoms in total. The summed E-state index contributed by atoms with van der Waals surface area (Å²) in [5, 5.41) is 0. The number of likely N-dealkylation sites (N-methyl/N-ethyl adjacent to an activating group) is 1. The van der Waals surface area contributed by atoms with Gasteiger partial charge in [0.15, 0.2) is 5.69 Å². The Hall–Kier alpha value is -1.14. The van der Waals surface area contributed by atoms with Crippen molar-refractivity contribution in [2.24, 2.45) is 0 Å². The van der Waals surface area contributed by atoms with Gasteiger partial charge in [-0.05, 0) is 41.5 Å². The van der Waals surface area contributed by atoms with E-state index in [1.165, 1.54) is 0 Å². The number of ether oxygens (including phenoxy) is 1. The number of esters is 1. The average molecular weight is 342 g/mol. The van der Waals surface area contributed by atoms with Gasteiger partial charge in [0.05, 0.1) is 11.1 Å². The van der Waals surface area contributed by atoms with Crippen molar-refractivity contribution >= 4 is 27.7 Å². The van der Waals surface area contributed by atoms with Crippen LogP contribution in [0.15, 0.2) is 16.6 Å². The third-order valence-corrected chi connectivity index (χ3v) is 4.08. The molecule has 0 bridgehead atoms. The third kappa shape index (κ3) is 3.49. The zero-order chi connectivity index (χ0) is 14.5. The standard InChI is InChI=1S/C14H20BrN3O2/c1-3-17-7-9-18(10-8-17)12-6-5-11(15)13(16-12)14(19)20-4-2/h5-6H,3-4,7-10H2,1-2H3. The number of aromatic nitrogens is 1. The Morgan fingerprint density at radius 1 is 1.30 bits per heavy atom. The number of hydrogen-bond donors (Lipinski definition) is 0. The molecule has 1 fully saturated rings. The molecule has 0 radical (unpaired) electrons. The molecule has 2 heterocycles. The Bertz CT molecular complexity index is 473. The van der Waals surface area contributed by atoms with Crippen LogP contribution >= 0.6 is 15.9 Å². The van der Waals surface area contributed by atoms with E-state index in [0.29, 0.717) is 16.8 Å². The van der Waals surface area contributed by atoms with Gasteiger partial charge in [-0.3, -0.25) is 0 Å². The van der Waals surface area contributed by atoms with E-state index in [9.17, 15) is 4.79 Å². The van der Waals surface area contributed by atoms with Crippen LogP contribution in [0.3, 0.4) is 0 Å². The van der Waals surface area contributed by atoms with Crippen molar-refractivity contribution in [1.82, 2.24) is 9.88 Å². The summed E-state index contributed by atoms with van der Waals surface area (Å²) in [5.74, 6) is 0.459. The Kier molecular flexibility index (Phi) is 5.37. The highest BCUT2D eigenvalue weighted by Crippen LogP contribution is 2.21. The molecule has 0 amide bonds. The van der Waals surface area contributed by atoms with Crippen molar-refractivity contribution in [3.63, 3.8) is 0 Å². The summed E-state index contributed by atoms with van der Waals surface area (Å²) in [4.78, 5) is 20.9. The molecule has 0 N–H and O–H groups in total. The largest absolute Gasteiger partial charge is 0.461 e. The monoisotopic (exact) mass is 341 g/mol. The lowest BCUT2D eigenvalue weighted by molar-refractivity contribution is 0.0518. The van der Waals surface area contributed by atoms with Gasteiger partial charge in [-0.2, -0.15) is 0 Å². The SMILES string of the molecule is CCOC(=O)c1nc(N2CCN(CC)CC2)ccc1Br. The van der Waals surface area contributed by atoms with E-state index in [1.807, 2.05) is 12.1 Å². The number of anilines is 1. The zero-order valence-corrected chi connectivity index (χ0v) is 13.5. The second-order valence-electron chi connectivity index (χ2n) is 4.64. The minimum Gasteiger partial charge on any atom is -0.461 e. The normalized spacial score (nSPS) is 16.2. The molecule has 1 aliphatic rings. The fourth-order valence-electron chi connectivity index (χ4n) is 2.24. The van der Waals surface area contributed by atoms with Crippen molar-refractivity contribution in [3.8, 4) is 0 Å². The van der Waals surface area contributed by atoms with Gasteiger partial charge in [-0.15, -0.1) is 0 Å². The Morgan fingerprint density at radius 2 is 2.00 bits per heavy atom. The van der Waals surface area contributed by atoms with E-state index in [-0.39, 0.29) is 5.97 Å². The molecular formula is C14H20BrN3O2. The summed E-state index contributed by atoms with van der Waals surface area (Å²) in [6.07, 6.45) is 0. The fraction of sp³-hybridized carbons (Fsp3) is 0.571. The number of pyridine rings is 1. The van der Waals surface area contributed by atoms with E-state index >= 15 is 0 Å². The second-order valence-corrected chi connectivity index (χ2v) is 5.50. The Morgan fingerprint density at radius 3 is 2.60 bits per heavy atom. The summed E-state index contributed by atoms with van der Waals surface area (Å²) >= 11 is 3.36. The topological polar surface area (TPSA) is 45.7 Å². The van der Waals surface area contributed by atoms with Gasteiger partial charge in [-0.1, -0.05) is 6.92 Å². The van der Waals surface area contributed by atoms with Crippen molar-refractivity contribution in [2.45, 2.75) is 13.8 Å². The highest BCUT2D eigenvalue weighted by Gasteiger charge is 2.20. The van der Waals surface area contributed by atoms with E-state index < -0.39 is 0 Å². The van der Waals surface area contributed by atoms with Crippen LogP contribution in [0.1, 0.15) is 24.3 Å². The Balaban J connectivity index is 2.13.